The van der Waals surface area contributed by atoms with E-state index in [1.165, 1.54) is 0 Å². The number of carbonyl (C=O) groups excluding carboxylic acids is 1. The van der Waals surface area contributed by atoms with Gasteiger partial charge in [-0.1, -0.05) is 0 Å². The maximum absolute atomic E-state index is 11.2. The van der Waals surface area contributed by atoms with Gasteiger partial charge in [-0.15, -0.1) is 0 Å². The summed E-state index contributed by atoms with van der Waals surface area (Å²) in [5.74, 6) is 0.764. The highest BCUT2D eigenvalue weighted by atomic mass is 16.5. The van der Waals surface area contributed by atoms with Crippen LogP contribution < -0.4 is 10.1 Å². The van der Waals surface area contributed by atoms with Crippen molar-refractivity contribution in [1.82, 2.24) is 5.32 Å². The largest absolute Gasteiger partial charge is 0.508 e. The number of carbonyl (C=O) groups is 1. The van der Waals surface area contributed by atoms with E-state index in [0.29, 0.717) is 31.7 Å². The van der Waals surface area contributed by atoms with Gasteiger partial charge in [0.25, 0.3) is 0 Å². The predicted molar refractivity (Wildman–Crippen MR) is 76.9 cm³/mol. The van der Waals surface area contributed by atoms with Crippen molar-refractivity contribution >= 4 is 5.97 Å². The van der Waals surface area contributed by atoms with Crippen molar-refractivity contribution in [3.63, 3.8) is 0 Å². The highest BCUT2D eigenvalue weighted by Crippen LogP contribution is 2.28. The van der Waals surface area contributed by atoms with E-state index in [1.54, 1.807) is 32.2 Å². The molecule has 5 nitrogen and oxygen atoms in total. The zero-order chi connectivity index (χ0) is 15.0. The van der Waals surface area contributed by atoms with Gasteiger partial charge in [0.15, 0.2) is 0 Å². The lowest BCUT2D eigenvalue weighted by Crippen LogP contribution is -2.21. The van der Waals surface area contributed by atoms with Crippen molar-refractivity contribution in [3.05, 3.63) is 23.8 Å². The van der Waals surface area contributed by atoms with Crippen molar-refractivity contribution in [3.8, 4) is 11.5 Å². The van der Waals surface area contributed by atoms with Crippen LogP contribution in [-0.2, 0) is 9.53 Å². The smallest absolute Gasteiger partial charge is 0.305 e. The average Bonchev–Trinajstić information content (AvgIpc) is 2.44. The zero-order valence-electron chi connectivity index (χ0n) is 12.3. The Morgan fingerprint density at radius 3 is 2.85 bits per heavy atom. The standard InChI is InChI=1S/C15H23NO4/c1-4-20-15(18)6-5-9-16-11(2)13-10-12(19-3)7-8-14(13)17/h7-8,10-11,16-17H,4-6,9H2,1-3H3. The number of phenolic OH excluding ortho intramolecular Hbond substituents is 1. The van der Waals surface area contributed by atoms with Crippen molar-refractivity contribution in [2.75, 3.05) is 20.3 Å². The lowest BCUT2D eigenvalue weighted by molar-refractivity contribution is -0.143. The molecule has 0 fully saturated rings. The second kappa shape index (κ2) is 8.43. The Kier molecular flexibility index (Phi) is 6.87. The van der Waals surface area contributed by atoms with E-state index >= 15 is 0 Å². The number of methoxy groups -OCH3 is 1. The molecule has 20 heavy (non-hydrogen) atoms. The molecule has 0 saturated heterocycles. The normalized spacial score (nSPS) is 11.9. The maximum Gasteiger partial charge on any atom is 0.305 e. The van der Waals surface area contributed by atoms with Gasteiger partial charge in [0.1, 0.15) is 11.5 Å². The molecule has 0 heterocycles. The Balaban J connectivity index is 2.43. The van der Waals surface area contributed by atoms with E-state index in [9.17, 15) is 9.90 Å². The summed E-state index contributed by atoms with van der Waals surface area (Å²) >= 11 is 0. The molecule has 0 radical (unpaired) electrons. The number of hydrogen-bond acceptors (Lipinski definition) is 5. The number of esters is 1. The van der Waals surface area contributed by atoms with Gasteiger partial charge in [0.2, 0.25) is 0 Å². The minimum absolute atomic E-state index is 0.0210. The first-order valence-electron chi connectivity index (χ1n) is 6.84. The fourth-order valence-electron chi connectivity index (χ4n) is 1.90. The molecule has 1 rings (SSSR count). The zero-order valence-corrected chi connectivity index (χ0v) is 12.3. The highest BCUT2D eigenvalue weighted by Gasteiger charge is 2.11. The Hall–Kier alpha value is -1.75. The topological polar surface area (TPSA) is 67.8 Å². The molecule has 0 aromatic heterocycles. The van der Waals surface area contributed by atoms with Crippen LogP contribution in [0.2, 0.25) is 0 Å². The van der Waals surface area contributed by atoms with E-state index in [0.717, 1.165) is 5.56 Å². The molecule has 1 aromatic rings. The molecule has 0 bridgehead atoms. The third kappa shape index (κ3) is 5.09. The van der Waals surface area contributed by atoms with Gasteiger partial charge < -0.3 is 19.9 Å². The van der Waals surface area contributed by atoms with Gasteiger partial charge in [0.05, 0.1) is 13.7 Å². The predicted octanol–water partition coefficient (Wildman–Crippen LogP) is 2.39. The minimum atomic E-state index is -0.175. The molecule has 0 saturated carbocycles. The molecular formula is C15H23NO4. The van der Waals surface area contributed by atoms with Crippen LogP contribution >= 0.6 is 0 Å². The second-order valence-electron chi connectivity index (χ2n) is 4.51. The Labute approximate surface area is 119 Å². The van der Waals surface area contributed by atoms with E-state index in [2.05, 4.69) is 5.32 Å². The summed E-state index contributed by atoms with van der Waals surface area (Å²) in [5, 5.41) is 13.1. The summed E-state index contributed by atoms with van der Waals surface area (Å²) in [6.07, 6.45) is 1.10. The molecule has 0 amide bonds. The molecule has 1 atom stereocenters. The summed E-state index contributed by atoms with van der Waals surface area (Å²) in [7, 11) is 1.59. The number of rotatable bonds is 8. The third-order valence-corrected chi connectivity index (χ3v) is 3.01. The monoisotopic (exact) mass is 281 g/mol. The molecule has 112 valence electrons. The van der Waals surface area contributed by atoms with Crippen LogP contribution in [0, 0.1) is 0 Å². The Morgan fingerprint density at radius 2 is 2.20 bits per heavy atom. The van der Waals surface area contributed by atoms with Gasteiger partial charge in [0, 0.05) is 18.0 Å². The molecule has 0 aliphatic rings. The number of nitrogens with one attached hydrogen (secondary N) is 1. The molecular weight excluding hydrogens is 258 g/mol. The quantitative estimate of drug-likeness (QED) is 0.565. The van der Waals surface area contributed by atoms with Gasteiger partial charge >= 0.3 is 5.97 Å². The van der Waals surface area contributed by atoms with E-state index < -0.39 is 0 Å². The number of ether oxygens (including phenoxy) is 2. The summed E-state index contributed by atoms with van der Waals surface area (Å²) in [5.41, 5.74) is 0.778. The molecule has 0 spiro atoms. The first-order chi connectivity index (χ1) is 9.58. The Bertz CT molecular complexity index is 434. The minimum Gasteiger partial charge on any atom is -0.508 e. The summed E-state index contributed by atoms with van der Waals surface area (Å²) < 4.78 is 10.0. The lowest BCUT2D eigenvalue weighted by Gasteiger charge is -2.16. The summed E-state index contributed by atoms with van der Waals surface area (Å²) in [6.45, 7) is 4.85. The SMILES string of the molecule is CCOC(=O)CCCNC(C)c1cc(OC)ccc1O. The fourth-order valence-corrected chi connectivity index (χ4v) is 1.90. The second-order valence-corrected chi connectivity index (χ2v) is 4.51. The highest BCUT2D eigenvalue weighted by molar-refractivity contribution is 5.69. The maximum atomic E-state index is 11.2. The van der Waals surface area contributed by atoms with Gasteiger partial charge in [-0.05, 0) is 45.0 Å². The number of aromatic hydroxyl groups is 1. The first-order valence-corrected chi connectivity index (χ1v) is 6.84. The molecule has 2 N–H and O–H groups in total. The molecule has 0 aliphatic carbocycles. The van der Waals surface area contributed by atoms with Crippen LogP contribution in [0.25, 0.3) is 0 Å². The van der Waals surface area contributed by atoms with Crippen LogP contribution in [0.15, 0.2) is 18.2 Å². The van der Waals surface area contributed by atoms with E-state index in [-0.39, 0.29) is 17.8 Å². The Morgan fingerprint density at radius 1 is 1.45 bits per heavy atom. The van der Waals surface area contributed by atoms with E-state index in [1.807, 2.05) is 6.92 Å². The molecule has 1 unspecified atom stereocenters. The van der Waals surface area contributed by atoms with E-state index in [4.69, 9.17) is 9.47 Å². The van der Waals surface area contributed by atoms with Gasteiger partial charge in [-0.3, -0.25) is 4.79 Å². The van der Waals surface area contributed by atoms with Crippen molar-refractivity contribution < 1.29 is 19.4 Å². The van der Waals surface area contributed by atoms with Gasteiger partial charge in [-0.25, -0.2) is 0 Å². The van der Waals surface area contributed by atoms with Crippen molar-refractivity contribution in [2.45, 2.75) is 32.7 Å². The number of benzene rings is 1. The lowest BCUT2D eigenvalue weighted by atomic mass is 10.1. The third-order valence-electron chi connectivity index (χ3n) is 3.01. The van der Waals surface area contributed by atoms with Crippen LogP contribution in [0.1, 0.15) is 38.3 Å². The first kappa shape index (κ1) is 16.3. The summed E-state index contributed by atoms with van der Waals surface area (Å²) in [6, 6.07) is 5.11. The average molecular weight is 281 g/mol. The molecule has 0 aliphatic heterocycles. The van der Waals surface area contributed by atoms with Gasteiger partial charge in [-0.2, -0.15) is 0 Å². The van der Waals surface area contributed by atoms with Crippen LogP contribution in [0.3, 0.4) is 0 Å². The van der Waals surface area contributed by atoms with Crippen LogP contribution in [0.5, 0.6) is 11.5 Å². The van der Waals surface area contributed by atoms with Crippen molar-refractivity contribution in [1.29, 1.82) is 0 Å². The molecule has 1 aromatic carbocycles. The number of phenols is 1. The summed E-state index contributed by atoms with van der Waals surface area (Å²) in [4.78, 5) is 11.2. The van der Waals surface area contributed by atoms with Crippen LogP contribution in [-0.4, -0.2) is 31.3 Å². The molecule has 5 heteroatoms. The van der Waals surface area contributed by atoms with Crippen LogP contribution in [0.4, 0.5) is 0 Å². The van der Waals surface area contributed by atoms with Crippen molar-refractivity contribution in [2.24, 2.45) is 0 Å². The number of hydrogen-bond donors (Lipinski definition) is 2. The fraction of sp³-hybridized carbons (Fsp3) is 0.533.